The highest BCUT2D eigenvalue weighted by Crippen LogP contribution is 2.37. The van der Waals surface area contributed by atoms with Gasteiger partial charge in [0.15, 0.2) is 0 Å². The van der Waals surface area contributed by atoms with E-state index in [0.717, 1.165) is 37.7 Å². The molecule has 2 rings (SSSR count). The Morgan fingerprint density at radius 1 is 1.25 bits per heavy atom. The highest BCUT2D eigenvalue weighted by Gasteiger charge is 2.29. The van der Waals surface area contributed by atoms with Gasteiger partial charge in [-0.3, -0.25) is 0 Å². The van der Waals surface area contributed by atoms with Crippen LogP contribution in [0, 0.1) is 5.92 Å². The Labute approximate surface area is 122 Å². The van der Waals surface area contributed by atoms with Crippen LogP contribution in [0.3, 0.4) is 0 Å². The molecule has 0 fully saturated rings. The number of aliphatic hydroxyl groups is 2. The van der Waals surface area contributed by atoms with Crippen molar-refractivity contribution in [3.63, 3.8) is 0 Å². The van der Waals surface area contributed by atoms with Crippen LogP contribution >= 0.6 is 0 Å². The van der Waals surface area contributed by atoms with Crippen molar-refractivity contribution in [2.75, 3.05) is 0 Å². The molecule has 2 atom stereocenters. The monoisotopic (exact) mass is 276 g/mol. The molecule has 2 aliphatic carbocycles. The second kappa shape index (κ2) is 7.12. The lowest BCUT2D eigenvalue weighted by molar-refractivity contribution is 0.180. The lowest BCUT2D eigenvalue weighted by Crippen LogP contribution is -2.25. The molecular formula is C18H28O2. The highest BCUT2D eigenvalue weighted by molar-refractivity contribution is 5.34. The summed E-state index contributed by atoms with van der Waals surface area (Å²) in [5, 5.41) is 20.8. The van der Waals surface area contributed by atoms with Gasteiger partial charge in [-0.25, -0.2) is 0 Å². The van der Waals surface area contributed by atoms with Gasteiger partial charge in [0.05, 0.1) is 6.10 Å². The molecule has 2 nitrogen and oxygen atoms in total. The normalized spacial score (nSPS) is 27.4. The minimum atomic E-state index is -0.479. The fourth-order valence-electron chi connectivity index (χ4n) is 3.49. The summed E-state index contributed by atoms with van der Waals surface area (Å²) in [5.41, 5.74) is 3.47. The van der Waals surface area contributed by atoms with Gasteiger partial charge in [0, 0.05) is 5.57 Å². The zero-order chi connectivity index (χ0) is 14.5. The van der Waals surface area contributed by atoms with Gasteiger partial charge in [-0.2, -0.15) is 0 Å². The van der Waals surface area contributed by atoms with Crippen molar-refractivity contribution in [1.29, 1.82) is 0 Å². The summed E-state index contributed by atoms with van der Waals surface area (Å²) in [6, 6.07) is 0. The number of rotatable bonds is 5. The quantitative estimate of drug-likeness (QED) is 0.558. The average molecular weight is 276 g/mol. The third-order valence-electron chi connectivity index (χ3n) is 4.57. The van der Waals surface area contributed by atoms with Crippen molar-refractivity contribution in [3.8, 4) is 0 Å². The molecule has 0 aromatic carbocycles. The van der Waals surface area contributed by atoms with Gasteiger partial charge in [-0.15, -0.1) is 0 Å². The zero-order valence-electron chi connectivity index (χ0n) is 12.9. The third kappa shape index (κ3) is 3.76. The van der Waals surface area contributed by atoms with Crippen molar-refractivity contribution in [2.24, 2.45) is 5.92 Å². The van der Waals surface area contributed by atoms with E-state index in [1.54, 1.807) is 0 Å². The van der Waals surface area contributed by atoms with E-state index >= 15 is 0 Å². The van der Waals surface area contributed by atoms with Crippen LogP contribution in [0.5, 0.6) is 0 Å². The van der Waals surface area contributed by atoms with Gasteiger partial charge < -0.3 is 10.2 Å². The van der Waals surface area contributed by atoms with E-state index in [0.29, 0.717) is 18.1 Å². The first-order valence-electron chi connectivity index (χ1n) is 8.08. The van der Waals surface area contributed by atoms with Crippen molar-refractivity contribution in [3.05, 3.63) is 34.6 Å². The largest absolute Gasteiger partial charge is 0.508 e. The Morgan fingerprint density at radius 3 is 2.70 bits per heavy atom. The molecule has 0 bridgehead atoms. The Hall–Kier alpha value is -1.02. The SMILES string of the molecule is CCCCCC1=CC(O)=C(C2CCC=C(C)C2)C(O)C1. The first-order chi connectivity index (χ1) is 9.61. The van der Waals surface area contributed by atoms with E-state index < -0.39 is 6.10 Å². The molecule has 20 heavy (non-hydrogen) atoms. The Bertz CT molecular complexity index is 429. The zero-order valence-corrected chi connectivity index (χ0v) is 12.9. The van der Waals surface area contributed by atoms with E-state index in [2.05, 4.69) is 19.9 Å². The third-order valence-corrected chi connectivity index (χ3v) is 4.57. The Balaban J connectivity index is 2.08. The van der Waals surface area contributed by atoms with Crippen molar-refractivity contribution >= 4 is 0 Å². The van der Waals surface area contributed by atoms with E-state index in [1.807, 2.05) is 6.08 Å². The van der Waals surface area contributed by atoms with Crippen LogP contribution < -0.4 is 0 Å². The smallest absolute Gasteiger partial charge is 0.117 e. The highest BCUT2D eigenvalue weighted by atomic mass is 16.3. The Morgan fingerprint density at radius 2 is 2.05 bits per heavy atom. The summed E-state index contributed by atoms with van der Waals surface area (Å²) in [5.74, 6) is 0.665. The predicted molar refractivity (Wildman–Crippen MR) is 83.6 cm³/mol. The fourth-order valence-corrected chi connectivity index (χ4v) is 3.49. The molecule has 0 aromatic heterocycles. The van der Waals surface area contributed by atoms with E-state index in [9.17, 15) is 10.2 Å². The van der Waals surface area contributed by atoms with Crippen LogP contribution in [-0.2, 0) is 0 Å². The standard InChI is InChI=1S/C18H28O2/c1-3-4-5-8-14-11-16(19)18(17(20)12-14)15-9-6-7-13(2)10-15/h7,11,15,17,19-20H,3-6,8-10,12H2,1-2H3. The molecule has 0 saturated carbocycles. The second-order valence-corrected chi connectivity index (χ2v) is 6.35. The minimum absolute atomic E-state index is 0.323. The molecule has 0 amide bonds. The van der Waals surface area contributed by atoms with Gasteiger partial charge in [-0.05, 0) is 57.4 Å². The predicted octanol–water partition coefficient (Wildman–Crippen LogP) is 4.82. The van der Waals surface area contributed by atoms with Gasteiger partial charge in [0.25, 0.3) is 0 Å². The van der Waals surface area contributed by atoms with Crippen molar-refractivity contribution in [1.82, 2.24) is 0 Å². The average Bonchev–Trinajstić information content (AvgIpc) is 2.38. The molecule has 2 heteroatoms. The van der Waals surface area contributed by atoms with Crippen molar-refractivity contribution in [2.45, 2.75) is 71.3 Å². The molecule has 0 saturated heterocycles. The molecule has 0 spiro atoms. The van der Waals surface area contributed by atoms with Crippen LogP contribution in [-0.4, -0.2) is 16.3 Å². The fraction of sp³-hybridized carbons (Fsp3) is 0.667. The molecule has 2 unspecified atom stereocenters. The van der Waals surface area contributed by atoms with E-state index in [1.165, 1.54) is 24.0 Å². The van der Waals surface area contributed by atoms with E-state index in [-0.39, 0.29) is 0 Å². The molecular weight excluding hydrogens is 248 g/mol. The number of unbranched alkanes of at least 4 members (excludes halogenated alkanes) is 2. The maximum Gasteiger partial charge on any atom is 0.117 e. The summed E-state index contributed by atoms with van der Waals surface area (Å²) < 4.78 is 0. The Kier molecular flexibility index (Phi) is 5.47. The van der Waals surface area contributed by atoms with Gasteiger partial charge in [0.2, 0.25) is 0 Å². The lowest BCUT2D eigenvalue weighted by Gasteiger charge is -2.30. The minimum Gasteiger partial charge on any atom is -0.508 e. The summed E-state index contributed by atoms with van der Waals surface area (Å²) in [6.07, 6.45) is 12.1. The maximum atomic E-state index is 10.4. The second-order valence-electron chi connectivity index (χ2n) is 6.35. The maximum absolute atomic E-state index is 10.4. The molecule has 2 N–H and O–H groups in total. The number of hydrogen-bond donors (Lipinski definition) is 2. The van der Waals surface area contributed by atoms with Crippen LogP contribution in [0.4, 0.5) is 0 Å². The number of hydrogen-bond acceptors (Lipinski definition) is 2. The lowest BCUT2D eigenvalue weighted by atomic mass is 9.77. The summed E-state index contributed by atoms with van der Waals surface area (Å²) >= 11 is 0. The van der Waals surface area contributed by atoms with Gasteiger partial charge in [0.1, 0.15) is 5.76 Å². The summed E-state index contributed by atoms with van der Waals surface area (Å²) in [4.78, 5) is 0. The van der Waals surface area contributed by atoms with Gasteiger partial charge in [-0.1, -0.05) is 37.0 Å². The molecule has 0 heterocycles. The van der Waals surface area contributed by atoms with Crippen LogP contribution in [0.1, 0.15) is 65.2 Å². The first kappa shape index (κ1) is 15.4. The summed E-state index contributed by atoms with van der Waals surface area (Å²) in [6.45, 7) is 4.34. The molecule has 2 aliphatic rings. The van der Waals surface area contributed by atoms with Crippen LogP contribution in [0.2, 0.25) is 0 Å². The molecule has 0 aromatic rings. The van der Waals surface area contributed by atoms with Crippen LogP contribution in [0.25, 0.3) is 0 Å². The topological polar surface area (TPSA) is 40.5 Å². The molecule has 0 radical (unpaired) electrons. The number of allylic oxidation sites excluding steroid dienone is 3. The molecule has 112 valence electrons. The van der Waals surface area contributed by atoms with Gasteiger partial charge >= 0.3 is 0 Å². The van der Waals surface area contributed by atoms with Crippen molar-refractivity contribution < 1.29 is 10.2 Å². The molecule has 0 aliphatic heterocycles. The summed E-state index contributed by atoms with van der Waals surface area (Å²) in [7, 11) is 0. The first-order valence-corrected chi connectivity index (χ1v) is 8.08. The van der Waals surface area contributed by atoms with E-state index in [4.69, 9.17) is 0 Å². The number of aliphatic hydroxyl groups excluding tert-OH is 2. The van der Waals surface area contributed by atoms with Crippen LogP contribution in [0.15, 0.2) is 34.6 Å².